The van der Waals surface area contributed by atoms with E-state index in [1.54, 1.807) is 25.3 Å². The van der Waals surface area contributed by atoms with Gasteiger partial charge in [0.2, 0.25) is 0 Å². The van der Waals surface area contributed by atoms with Crippen molar-refractivity contribution >= 4 is 6.03 Å². The smallest absolute Gasteiger partial charge is 0.314 e. The minimum atomic E-state index is -0.101. The van der Waals surface area contributed by atoms with E-state index < -0.39 is 0 Å². The van der Waals surface area contributed by atoms with Gasteiger partial charge in [-0.2, -0.15) is 0 Å². The van der Waals surface area contributed by atoms with Crippen LogP contribution in [-0.4, -0.2) is 49.3 Å². The lowest BCUT2D eigenvalue weighted by Gasteiger charge is -2.18. The van der Waals surface area contributed by atoms with Gasteiger partial charge in [0, 0.05) is 31.7 Å². The van der Waals surface area contributed by atoms with Crippen LogP contribution in [0.25, 0.3) is 0 Å². The van der Waals surface area contributed by atoms with Crippen LogP contribution in [0.5, 0.6) is 11.5 Å². The molecule has 0 saturated carbocycles. The van der Waals surface area contributed by atoms with Crippen LogP contribution in [0.1, 0.15) is 18.9 Å². The third-order valence-electron chi connectivity index (χ3n) is 3.92. The lowest BCUT2D eigenvalue weighted by molar-refractivity contribution is 0.239. The monoisotopic (exact) mass is 307 g/mol. The summed E-state index contributed by atoms with van der Waals surface area (Å²) in [6, 6.07) is 5.06. The van der Waals surface area contributed by atoms with Gasteiger partial charge in [0.15, 0.2) is 0 Å². The Morgan fingerprint density at radius 2 is 2.27 bits per heavy atom. The minimum absolute atomic E-state index is 0.101. The number of hydrogen-bond acceptors (Lipinski definition) is 4. The van der Waals surface area contributed by atoms with E-state index in [2.05, 4.69) is 15.5 Å². The van der Waals surface area contributed by atoms with Crippen LogP contribution in [0.4, 0.5) is 4.79 Å². The number of benzene rings is 1. The average molecular weight is 307 g/mol. The van der Waals surface area contributed by atoms with Gasteiger partial charge >= 0.3 is 6.03 Å². The van der Waals surface area contributed by atoms with Gasteiger partial charge in [0.25, 0.3) is 0 Å². The average Bonchev–Trinajstić information content (AvgIpc) is 2.93. The van der Waals surface area contributed by atoms with E-state index in [1.807, 2.05) is 6.92 Å². The van der Waals surface area contributed by atoms with Crippen molar-refractivity contribution in [3.05, 3.63) is 23.8 Å². The summed E-state index contributed by atoms with van der Waals surface area (Å²) in [6.45, 7) is 5.90. The molecule has 6 heteroatoms. The van der Waals surface area contributed by atoms with Gasteiger partial charge in [0.05, 0.1) is 7.11 Å². The summed E-state index contributed by atoms with van der Waals surface area (Å²) in [5, 5.41) is 15.3. The molecule has 0 unspecified atom stereocenters. The fourth-order valence-electron chi connectivity index (χ4n) is 2.81. The number of carbonyl (C=O) groups excluding carboxylic acids is 1. The van der Waals surface area contributed by atoms with E-state index in [0.29, 0.717) is 19.0 Å². The van der Waals surface area contributed by atoms with Gasteiger partial charge in [-0.25, -0.2) is 4.79 Å². The molecule has 6 nitrogen and oxygen atoms in total. The Balaban J connectivity index is 1.83. The number of ether oxygens (including phenoxy) is 1. The van der Waals surface area contributed by atoms with Crippen LogP contribution in [0.15, 0.2) is 18.2 Å². The number of phenols is 1. The molecule has 0 bridgehead atoms. The molecule has 0 aromatic heterocycles. The normalized spacial score (nSPS) is 18.2. The van der Waals surface area contributed by atoms with Crippen molar-refractivity contribution in [3.8, 4) is 11.5 Å². The Bertz CT molecular complexity index is 507. The lowest BCUT2D eigenvalue weighted by Crippen LogP contribution is -2.38. The number of nitrogens with one attached hydrogen (secondary N) is 2. The maximum Gasteiger partial charge on any atom is 0.314 e. The number of urea groups is 1. The minimum Gasteiger partial charge on any atom is -0.508 e. The maximum absolute atomic E-state index is 11.4. The highest BCUT2D eigenvalue weighted by Gasteiger charge is 2.23. The Labute approximate surface area is 131 Å². The molecule has 1 heterocycles. The maximum atomic E-state index is 11.4. The molecule has 0 aliphatic carbocycles. The Morgan fingerprint density at radius 1 is 1.45 bits per heavy atom. The fourth-order valence-corrected chi connectivity index (χ4v) is 2.81. The summed E-state index contributed by atoms with van der Waals surface area (Å²) in [6.07, 6.45) is 1.06. The summed E-state index contributed by atoms with van der Waals surface area (Å²) < 4.78 is 5.34. The molecule has 0 spiro atoms. The second-order valence-corrected chi connectivity index (χ2v) is 5.63. The van der Waals surface area contributed by atoms with E-state index in [-0.39, 0.29) is 11.8 Å². The van der Waals surface area contributed by atoms with Gasteiger partial charge in [0.1, 0.15) is 11.5 Å². The molecule has 1 saturated heterocycles. The predicted octanol–water partition coefficient (Wildman–Crippen LogP) is 1.54. The first-order valence-corrected chi connectivity index (χ1v) is 7.72. The van der Waals surface area contributed by atoms with E-state index >= 15 is 0 Å². The molecule has 2 rings (SSSR count). The highest BCUT2D eigenvalue weighted by molar-refractivity contribution is 5.73. The number of rotatable bonds is 6. The molecule has 1 aromatic carbocycles. The van der Waals surface area contributed by atoms with E-state index in [4.69, 9.17) is 4.74 Å². The zero-order valence-electron chi connectivity index (χ0n) is 13.3. The lowest BCUT2D eigenvalue weighted by atomic mass is 10.1. The molecule has 1 aliphatic rings. The highest BCUT2D eigenvalue weighted by atomic mass is 16.5. The molecule has 22 heavy (non-hydrogen) atoms. The van der Waals surface area contributed by atoms with Crippen LogP contribution < -0.4 is 15.4 Å². The van der Waals surface area contributed by atoms with Crippen LogP contribution in [0.2, 0.25) is 0 Å². The zero-order chi connectivity index (χ0) is 15.9. The summed E-state index contributed by atoms with van der Waals surface area (Å²) in [5.74, 6) is 1.51. The van der Waals surface area contributed by atoms with Gasteiger partial charge in [-0.3, -0.25) is 4.90 Å². The van der Waals surface area contributed by atoms with Crippen molar-refractivity contribution in [3.63, 3.8) is 0 Å². The number of phenolic OH excluding ortho intramolecular Hbond substituents is 1. The molecular formula is C16H25N3O3. The second-order valence-electron chi connectivity index (χ2n) is 5.63. The molecule has 1 fully saturated rings. The summed E-state index contributed by atoms with van der Waals surface area (Å²) in [7, 11) is 1.64. The number of methoxy groups -OCH3 is 1. The molecule has 122 valence electrons. The first kappa shape index (κ1) is 16.4. The number of hydrogen-bond donors (Lipinski definition) is 3. The first-order chi connectivity index (χ1) is 10.6. The Morgan fingerprint density at radius 3 is 3.00 bits per heavy atom. The van der Waals surface area contributed by atoms with Crippen LogP contribution in [-0.2, 0) is 6.54 Å². The van der Waals surface area contributed by atoms with Gasteiger partial charge in [-0.05, 0) is 44.0 Å². The quantitative estimate of drug-likeness (QED) is 0.745. The van der Waals surface area contributed by atoms with Crippen LogP contribution in [0.3, 0.4) is 0 Å². The van der Waals surface area contributed by atoms with E-state index in [1.165, 1.54) is 0 Å². The van der Waals surface area contributed by atoms with E-state index in [0.717, 1.165) is 37.4 Å². The standard InChI is InChI=1S/C16H25N3O3/c1-3-17-16(21)18-9-12-6-7-19(10-12)11-13-8-14(20)4-5-15(13)22-2/h4-5,8,12,20H,3,6-7,9-11H2,1-2H3,(H2,17,18,21)/t12-/m1/s1. The zero-order valence-corrected chi connectivity index (χ0v) is 13.3. The SMILES string of the molecule is CCNC(=O)NC[C@H]1CCN(Cc2cc(O)ccc2OC)C1. The van der Waals surface area contributed by atoms with Gasteiger partial charge in [-0.1, -0.05) is 0 Å². The molecule has 1 atom stereocenters. The molecule has 0 radical (unpaired) electrons. The highest BCUT2D eigenvalue weighted by Crippen LogP contribution is 2.26. The molecule has 1 aromatic rings. The largest absolute Gasteiger partial charge is 0.508 e. The van der Waals surface area contributed by atoms with Gasteiger partial charge < -0.3 is 20.5 Å². The summed E-state index contributed by atoms with van der Waals surface area (Å²) in [5.41, 5.74) is 0.986. The number of likely N-dealkylation sites (tertiary alicyclic amines) is 1. The number of carbonyl (C=O) groups is 1. The first-order valence-electron chi connectivity index (χ1n) is 7.72. The predicted molar refractivity (Wildman–Crippen MR) is 85.1 cm³/mol. The number of amides is 2. The van der Waals surface area contributed by atoms with Crippen molar-refractivity contribution in [1.82, 2.24) is 15.5 Å². The summed E-state index contributed by atoms with van der Waals surface area (Å²) >= 11 is 0. The summed E-state index contributed by atoms with van der Waals surface area (Å²) in [4.78, 5) is 13.7. The Hall–Kier alpha value is -1.95. The van der Waals surface area contributed by atoms with Crippen molar-refractivity contribution in [2.24, 2.45) is 5.92 Å². The van der Waals surface area contributed by atoms with Crippen molar-refractivity contribution in [1.29, 1.82) is 0 Å². The second kappa shape index (κ2) is 7.89. The number of aromatic hydroxyl groups is 1. The fraction of sp³-hybridized carbons (Fsp3) is 0.562. The molecule has 2 amide bonds. The third kappa shape index (κ3) is 4.53. The molecular weight excluding hydrogens is 282 g/mol. The third-order valence-corrected chi connectivity index (χ3v) is 3.92. The molecule has 1 aliphatic heterocycles. The number of nitrogens with zero attached hydrogens (tertiary/aromatic N) is 1. The van der Waals surface area contributed by atoms with Crippen molar-refractivity contribution in [2.75, 3.05) is 33.3 Å². The van der Waals surface area contributed by atoms with Gasteiger partial charge in [-0.15, -0.1) is 0 Å². The van der Waals surface area contributed by atoms with Crippen LogP contribution in [0, 0.1) is 5.92 Å². The Kier molecular flexibility index (Phi) is 5.89. The van der Waals surface area contributed by atoms with Crippen molar-refractivity contribution in [2.45, 2.75) is 19.9 Å². The molecule has 3 N–H and O–H groups in total. The van der Waals surface area contributed by atoms with Crippen molar-refractivity contribution < 1.29 is 14.6 Å². The van der Waals surface area contributed by atoms with Crippen LogP contribution >= 0.6 is 0 Å². The van der Waals surface area contributed by atoms with E-state index in [9.17, 15) is 9.90 Å². The topological polar surface area (TPSA) is 73.8 Å².